The van der Waals surface area contributed by atoms with E-state index in [2.05, 4.69) is 33.2 Å². The molecule has 0 aliphatic carbocycles. The molecule has 346 valence electrons. The lowest BCUT2D eigenvalue weighted by atomic mass is 9.93. The van der Waals surface area contributed by atoms with Crippen LogP contribution >= 0.6 is 0 Å². The SMILES string of the molecule is CCCCCCc1cnc2cc(C(=O)NC(CCN)C(=O)N(C)C3C(=O)NC(C)C(=O)NC(C(=O)NCC#N)Cc4ccc(OCCN)c(c4)-c4cc3ccc4OCCN)c(C)nc2c1. The fourth-order valence-corrected chi connectivity index (χ4v) is 7.68. The van der Waals surface area contributed by atoms with Gasteiger partial charge in [-0.25, -0.2) is 0 Å². The maximum atomic E-state index is 14.7. The standard InChI is InChI=1S/C47H61N11O7/c1-5-6-7-8-9-31-24-38-37(53-27-31)26-33(28(2)54-38)44(60)56-36(14-15-48)47(63)58(4)42-32-11-13-41(65-21-18-51)35(25-32)34-22-30(10-12-40(34)64-20-17-50)23-39(45(61)52-19-16-49)57-43(59)29(3)55-46(42)62/h10-13,22,24-27,29,36,39,42H,5-9,14-15,17-21,23,48,50-51H2,1-4H3,(H,52,61)(H,55,62)(H,56,60)(H,57,59). The van der Waals surface area contributed by atoms with Crippen molar-refractivity contribution in [3.05, 3.63) is 82.7 Å². The van der Waals surface area contributed by atoms with Gasteiger partial charge in [0.1, 0.15) is 55.4 Å². The second-order valence-corrected chi connectivity index (χ2v) is 16.0. The number of likely N-dealkylation sites (N-methyl/N-ethyl adjacent to an activating group) is 1. The van der Waals surface area contributed by atoms with Crippen LogP contribution in [-0.2, 0) is 32.0 Å². The average Bonchev–Trinajstić information content (AvgIpc) is 3.29. The molecule has 0 saturated heterocycles. The van der Waals surface area contributed by atoms with E-state index in [1.807, 2.05) is 12.1 Å². The number of nitrogens with two attached hydrogens (primary N) is 3. The van der Waals surface area contributed by atoms with E-state index in [0.717, 1.165) is 31.2 Å². The van der Waals surface area contributed by atoms with Gasteiger partial charge in [-0.05, 0) is 92.7 Å². The van der Waals surface area contributed by atoms with Crippen LogP contribution in [0.1, 0.15) is 84.7 Å². The first kappa shape index (κ1) is 49.3. The Morgan fingerprint density at radius 1 is 0.923 bits per heavy atom. The molecule has 4 unspecified atom stereocenters. The highest BCUT2D eigenvalue weighted by Gasteiger charge is 2.36. The molecule has 18 heteroatoms. The van der Waals surface area contributed by atoms with E-state index in [1.54, 1.807) is 55.6 Å². The molecule has 1 aliphatic heterocycles. The molecule has 4 atom stereocenters. The largest absolute Gasteiger partial charge is 0.492 e. The van der Waals surface area contributed by atoms with Gasteiger partial charge in [0.25, 0.3) is 5.91 Å². The molecule has 0 fully saturated rings. The van der Waals surface area contributed by atoms with E-state index < -0.39 is 53.7 Å². The van der Waals surface area contributed by atoms with Crippen molar-refractivity contribution in [2.75, 3.05) is 46.4 Å². The highest BCUT2D eigenvalue weighted by atomic mass is 16.5. The summed E-state index contributed by atoms with van der Waals surface area (Å²) in [5, 5.41) is 19.9. The molecule has 2 aromatic carbocycles. The molecule has 10 N–H and O–H groups in total. The van der Waals surface area contributed by atoms with Gasteiger partial charge in [-0.15, -0.1) is 0 Å². The molecule has 4 bridgehead atoms. The predicted molar refractivity (Wildman–Crippen MR) is 245 cm³/mol. The first-order valence-electron chi connectivity index (χ1n) is 22.1. The maximum Gasteiger partial charge on any atom is 0.253 e. The predicted octanol–water partition coefficient (Wildman–Crippen LogP) is 2.24. The summed E-state index contributed by atoms with van der Waals surface area (Å²) in [4.78, 5) is 80.8. The Bertz CT molecular complexity index is 2390. The summed E-state index contributed by atoms with van der Waals surface area (Å²) in [5.41, 5.74) is 22.5. The summed E-state index contributed by atoms with van der Waals surface area (Å²) in [6.45, 7) is 5.73. The summed E-state index contributed by atoms with van der Waals surface area (Å²) in [5.74, 6) is -2.50. The zero-order chi connectivity index (χ0) is 47.0. The molecule has 0 spiro atoms. The smallest absolute Gasteiger partial charge is 0.253 e. The van der Waals surface area contributed by atoms with Gasteiger partial charge >= 0.3 is 0 Å². The van der Waals surface area contributed by atoms with Crippen molar-refractivity contribution < 1.29 is 33.4 Å². The van der Waals surface area contributed by atoms with E-state index in [1.165, 1.54) is 25.3 Å². The molecule has 3 heterocycles. The lowest BCUT2D eigenvalue weighted by molar-refractivity contribution is -0.141. The van der Waals surface area contributed by atoms with Crippen LogP contribution in [0.5, 0.6) is 11.5 Å². The van der Waals surface area contributed by atoms with Crippen molar-refractivity contribution >= 4 is 40.6 Å². The number of nitrogens with zero attached hydrogens (tertiary/aromatic N) is 4. The second-order valence-electron chi connectivity index (χ2n) is 16.0. The van der Waals surface area contributed by atoms with E-state index in [0.29, 0.717) is 50.5 Å². The highest BCUT2D eigenvalue weighted by Crippen LogP contribution is 2.40. The van der Waals surface area contributed by atoms with Crippen LogP contribution in [0.2, 0.25) is 0 Å². The molecule has 5 amide bonds. The number of nitrogens with one attached hydrogen (secondary N) is 4. The third kappa shape index (κ3) is 12.7. The first-order valence-corrected chi connectivity index (χ1v) is 22.1. The lowest BCUT2D eigenvalue weighted by Crippen LogP contribution is -2.56. The van der Waals surface area contributed by atoms with Crippen molar-refractivity contribution in [1.82, 2.24) is 36.1 Å². The van der Waals surface area contributed by atoms with Gasteiger partial charge in [0.15, 0.2) is 0 Å². The number of unbranched alkanes of at least 4 members (excludes halogenated alkanes) is 3. The normalized spacial score (nSPS) is 16.6. The molecule has 2 aromatic heterocycles. The number of hydrogen-bond donors (Lipinski definition) is 7. The maximum absolute atomic E-state index is 14.7. The lowest BCUT2D eigenvalue weighted by Gasteiger charge is -2.32. The molecule has 18 nitrogen and oxygen atoms in total. The summed E-state index contributed by atoms with van der Waals surface area (Å²) in [6, 6.07) is 10.7. The van der Waals surface area contributed by atoms with Gasteiger partial charge in [-0.2, -0.15) is 5.26 Å². The number of aryl methyl sites for hydroxylation is 2. The van der Waals surface area contributed by atoms with Crippen LogP contribution < -0.4 is 47.9 Å². The van der Waals surface area contributed by atoms with E-state index in [4.69, 9.17) is 36.9 Å². The summed E-state index contributed by atoms with van der Waals surface area (Å²) in [7, 11) is 1.42. The molecule has 5 rings (SSSR count). The van der Waals surface area contributed by atoms with Crippen molar-refractivity contribution in [1.29, 1.82) is 5.26 Å². The second kappa shape index (κ2) is 23.8. The van der Waals surface area contributed by atoms with Gasteiger partial charge in [0, 0.05) is 43.9 Å². The molecule has 65 heavy (non-hydrogen) atoms. The molecular formula is C47H61N11O7. The zero-order valence-electron chi connectivity index (χ0n) is 37.6. The number of carbonyl (C=O) groups is 5. The summed E-state index contributed by atoms with van der Waals surface area (Å²) >= 11 is 0. The Kier molecular flexibility index (Phi) is 18.1. The molecule has 0 radical (unpaired) electrons. The van der Waals surface area contributed by atoms with Crippen LogP contribution in [0.15, 0.2) is 54.7 Å². The molecule has 0 saturated carbocycles. The van der Waals surface area contributed by atoms with Crippen LogP contribution in [0.4, 0.5) is 0 Å². The fraction of sp³-hybridized carbons (Fsp3) is 0.447. The fourth-order valence-electron chi connectivity index (χ4n) is 7.68. The number of aromatic nitrogens is 2. The number of fused-ring (bicyclic) bond motifs is 6. The van der Waals surface area contributed by atoms with Crippen molar-refractivity contribution in [3.8, 4) is 28.7 Å². The van der Waals surface area contributed by atoms with Gasteiger partial charge in [0.2, 0.25) is 23.6 Å². The Hall–Kier alpha value is -6.68. The molecule has 1 aliphatic rings. The molecular weight excluding hydrogens is 831 g/mol. The number of rotatable bonds is 19. The summed E-state index contributed by atoms with van der Waals surface area (Å²) in [6.07, 6.45) is 7.18. The van der Waals surface area contributed by atoms with E-state index >= 15 is 0 Å². The number of hydrogen-bond acceptors (Lipinski definition) is 13. The number of benzene rings is 2. The van der Waals surface area contributed by atoms with Gasteiger partial charge in [-0.3, -0.25) is 33.9 Å². The van der Waals surface area contributed by atoms with Gasteiger partial charge in [-0.1, -0.05) is 38.3 Å². The Balaban J connectivity index is 1.55. The van der Waals surface area contributed by atoms with Crippen molar-refractivity contribution in [3.63, 3.8) is 0 Å². The highest BCUT2D eigenvalue weighted by molar-refractivity contribution is 6.01. The first-order chi connectivity index (χ1) is 31.3. The summed E-state index contributed by atoms with van der Waals surface area (Å²) < 4.78 is 12.2. The monoisotopic (exact) mass is 891 g/mol. The zero-order valence-corrected chi connectivity index (χ0v) is 37.6. The van der Waals surface area contributed by atoms with Crippen molar-refractivity contribution in [2.24, 2.45) is 17.2 Å². The third-order valence-electron chi connectivity index (χ3n) is 11.1. The van der Waals surface area contributed by atoms with Gasteiger partial charge in [0.05, 0.1) is 28.4 Å². The third-order valence-corrected chi connectivity index (χ3v) is 11.1. The number of amides is 5. The Morgan fingerprint density at radius 3 is 2.31 bits per heavy atom. The minimum atomic E-state index is -1.39. The number of ether oxygens (including phenoxy) is 2. The van der Waals surface area contributed by atoms with E-state index in [9.17, 15) is 24.0 Å². The van der Waals surface area contributed by atoms with Crippen molar-refractivity contribution in [2.45, 2.75) is 89.9 Å². The average molecular weight is 892 g/mol. The number of carbonyl (C=O) groups excluding carboxylic acids is 5. The molecule has 4 aromatic rings. The Labute approximate surface area is 379 Å². The topological polar surface area (TPSA) is 283 Å². The number of nitriles is 1. The van der Waals surface area contributed by atoms with Crippen LogP contribution in [-0.4, -0.2) is 109 Å². The van der Waals surface area contributed by atoms with Gasteiger partial charge < -0.3 is 52.8 Å². The van der Waals surface area contributed by atoms with E-state index in [-0.39, 0.29) is 57.8 Å². The minimum Gasteiger partial charge on any atom is -0.492 e. The van der Waals surface area contributed by atoms with Crippen LogP contribution in [0, 0.1) is 18.3 Å². The van der Waals surface area contributed by atoms with Crippen LogP contribution in [0.3, 0.4) is 0 Å². The quantitative estimate of drug-likeness (QED) is 0.0526. The number of pyridine rings is 2. The Morgan fingerprint density at radius 2 is 1.63 bits per heavy atom. The van der Waals surface area contributed by atoms with Crippen LogP contribution in [0.25, 0.3) is 22.2 Å². The minimum absolute atomic E-state index is 0.00602.